The Kier molecular flexibility index (Phi) is 11.4. The number of carbonyl (C=O) groups is 2. The largest absolute Gasteiger partial charge is 0.443 e. The van der Waals surface area contributed by atoms with Crippen molar-refractivity contribution in [2.75, 3.05) is 25.6 Å². The molecule has 2 saturated heterocycles. The fourth-order valence-electron chi connectivity index (χ4n) is 5.81. The molecule has 1 amide bonds. The van der Waals surface area contributed by atoms with Crippen LogP contribution in [0.4, 0.5) is 10.5 Å². The fourth-order valence-corrected chi connectivity index (χ4v) is 7.10. The van der Waals surface area contributed by atoms with E-state index in [-0.39, 0.29) is 36.0 Å². The van der Waals surface area contributed by atoms with Gasteiger partial charge in [-0.15, -0.1) is 0 Å². The van der Waals surface area contributed by atoms with Crippen LogP contribution in [0.2, 0.25) is 0 Å². The quantitative estimate of drug-likeness (QED) is 0.231. The number of aliphatic hydroxyl groups is 1. The van der Waals surface area contributed by atoms with Gasteiger partial charge in [-0.25, -0.2) is 17.9 Å². The number of ketones is 1. The lowest BCUT2D eigenvalue weighted by Crippen LogP contribution is -2.56. The first-order valence-corrected chi connectivity index (χ1v) is 16.6. The van der Waals surface area contributed by atoms with Crippen LogP contribution in [0.3, 0.4) is 0 Å². The lowest BCUT2D eigenvalue weighted by Gasteiger charge is -2.36. The van der Waals surface area contributed by atoms with Gasteiger partial charge < -0.3 is 34.7 Å². The van der Waals surface area contributed by atoms with Crippen molar-refractivity contribution in [3.8, 4) is 0 Å². The number of hydrogen-bond acceptors (Lipinski definition) is 9. The van der Waals surface area contributed by atoms with Crippen LogP contribution in [-0.2, 0) is 35.4 Å². The number of anilines is 1. The number of hydrogen-bond donors (Lipinski definition) is 4. The SMILES string of the molecule is CNc1cccc(S(=O)(=O)NC(CC(C)(C)CCC(C)=O)[C@H](O)[C@H](Cc2ccccc2)NC(=O)O[C@H]2CO[C@H]3OCC[C@H]32)c1. The van der Waals surface area contributed by atoms with Crippen LogP contribution in [0.1, 0.15) is 52.0 Å². The molecule has 2 aromatic carbocycles. The maximum atomic E-state index is 13.7. The van der Waals surface area contributed by atoms with E-state index in [0.717, 1.165) is 5.56 Å². The number of fused-ring (bicyclic) bond motifs is 1. The lowest BCUT2D eigenvalue weighted by molar-refractivity contribution is -0.117. The molecule has 2 aliphatic heterocycles. The van der Waals surface area contributed by atoms with Crippen LogP contribution in [0.25, 0.3) is 0 Å². The predicted octanol–water partition coefficient (Wildman–Crippen LogP) is 3.62. The van der Waals surface area contributed by atoms with Gasteiger partial charge in [0.2, 0.25) is 10.0 Å². The molecule has 12 heteroatoms. The summed E-state index contributed by atoms with van der Waals surface area (Å²) in [5.41, 5.74) is 0.928. The van der Waals surface area contributed by atoms with Gasteiger partial charge in [0.05, 0.1) is 42.2 Å². The van der Waals surface area contributed by atoms with Gasteiger partial charge in [-0.05, 0) is 61.8 Å². The van der Waals surface area contributed by atoms with E-state index in [1.807, 2.05) is 44.2 Å². The molecule has 0 bridgehead atoms. The first-order chi connectivity index (χ1) is 20.9. The number of aliphatic hydroxyl groups excluding tert-OH is 1. The van der Waals surface area contributed by atoms with Crippen LogP contribution in [0, 0.1) is 11.3 Å². The topological polar surface area (TPSA) is 152 Å². The summed E-state index contributed by atoms with van der Waals surface area (Å²) in [6, 6.07) is 13.8. The summed E-state index contributed by atoms with van der Waals surface area (Å²) in [4.78, 5) is 25.0. The molecule has 242 valence electrons. The zero-order valence-electron chi connectivity index (χ0n) is 25.8. The summed E-state index contributed by atoms with van der Waals surface area (Å²) >= 11 is 0. The van der Waals surface area contributed by atoms with Crippen molar-refractivity contribution in [3.05, 3.63) is 60.2 Å². The van der Waals surface area contributed by atoms with E-state index < -0.39 is 52.1 Å². The van der Waals surface area contributed by atoms with Crippen molar-refractivity contribution < 1.29 is 37.3 Å². The molecule has 11 nitrogen and oxygen atoms in total. The van der Waals surface area contributed by atoms with Gasteiger partial charge in [0, 0.05) is 19.2 Å². The minimum Gasteiger partial charge on any atom is -0.443 e. The molecule has 1 unspecified atom stereocenters. The van der Waals surface area contributed by atoms with Crippen molar-refractivity contribution >= 4 is 27.6 Å². The summed E-state index contributed by atoms with van der Waals surface area (Å²) in [6.07, 6.45) is -1.03. The van der Waals surface area contributed by atoms with Gasteiger partial charge in [-0.2, -0.15) is 0 Å². The zero-order chi connectivity index (χ0) is 31.9. The van der Waals surface area contributed by atoms with Crippen LogP contribution in [-0.4, -0.2) is 76.2 Å². The molecule has 44 heavy (non-hydrogen) atoms. The van der Waals surface area contributed by atoms with Crippen molar-refractivity contribution in [2.45, 2.75) is 88.4 Å². The first kappa shape index (κ1) is 33.9. The van der Waals surface area contributed by atoms with Crippen LogP contribution in [0.15, 0.2) is 59.5 Å². The van der Waals surface area contributed by atoms with Gasteiger partial charge in [-0.1, -0.05) is 50.2 Å². The monoisotopic (exact) mass is 631 g/mol. The summed E-state index contributed by atoms with van der Waals surface area (Å²) in [6.45, 7) is 6.12. The number of rotatable bonds is 15. The maximum Gasteiger partial charge on any atom is 0.407 e. The van der Waals surface area contributed by atoms with Crippen LogP contribution in [0.5, 0.6) is 0 Å². The summed E-state index contributed by atoms with van der Waals surface area (Å²) in [5.74, 6) is -0.0370. The molecule has 0 saturated carbocycles. The molecule has 2 aromatic rings. The predicted molar refractivity (Wildman–Crippen MR) is 166 cm³/mol. The van der Waals surface area contributed by atoms with Crippen molar-refractivity contribution in [1.29, 1.82) is 0 Å². The van der Waals surface area contributed by atoms with Crippen molar-refractivity contribution in [2.24, 2.45) is 11.3 Å². The Balaban J connectivity index is 1.60. The maximum absolute atomic E-state index is 13.7. The molecule has 0 spiro atoms. The fraction of sp³-hybridized carbons (Fsp3) is 0.562. The standard InChI is InChI=1S/C32H45N3O8S/c1-21(36)13-15-32(2,3)19-27(35-44(39,40)24-12-8-11-23(18-24)33-4)29(37)26(17-22-9-6-5-7-10-22)34-31(38)43-28-20-42-30-25(28)14-16-41-30/h5-12,18,25-30,33,35,37H,13-17,19-20H2,1-4H3,(H,34,38)/t25-,26-,27?,28-,29+,30+/m0/s1. The number of alkyl carbamates (subject to hydrolysis) is 1. The van der Waals surface area contributed by atoms with Gasteiger partial charge in [-0.3, -0.25) is 0 Å². The van der Waals surface area contributed by atoms with E-state index in [2.05, 4.69) is 15.4 Å². The minimum atomic E-state index is -4.10. The number of carbonyl (C=O) groups excluding carboxylic acids is 2. The van der Waals surface area contributed by atoms with Gasteiger partial charge >= 0.3 is 6.09 Å². The van der Waals surface area contributed by atoms with Crippen molar-refractivity contribution in [3.63, 3.8) is 0 Å². The number of nitrogens with one attached hydrogen (secondary N) is 3. The molecule has 4 rings (SSSR count). The summed E-state index contributed by atoms with van der Waals surface area (Å²) < 4.78 is 46.9. The normalized spacial score (nSPS) is 22.1. The number of ether oxygens (including phenoxy) is 3. The molecule has 0 radical (unpaired) electrons. The lowest BCUT2D eigenvalue weighted by atomic mass is 9.79. The Morgan fingerprint density at radius 1 is 1.09 bits per heavy atom. The smallest absolute Gasteiger partial charge is 0.407 e. The van der Waals surface area contributed by atoms with E-state index in [9.17, 15) is 23.1 Å². The molecule has 2 heterocycles. The highest BCUT2D eigenvalue weighted by atomic mass is 32.2. The third kappa shape index (κ3) is 9.24. The Morgan fingerprint density at radius 3 is 2.55 bits per heavy atom. The second-order valence-electron chi connectivity index (χ2n) is 12.5. The van der Waals surface area contributed by atoms with Gasteiger partial charge in [0.1, 0.15) is 11.9 Å². The number of sulfonamides is 1. The highest BCUT2D eigenvalue weighted by Gasteiger charge is 2.44. The third-order valence-corrected chi connectivity index (χ3v) is 9.82. The van der Waals surface area contributed by atoms with E-state index in [0.29, 0.717) is 31.6 Å². The number of amides is 1. The first-order valence-electron chi connectivity index (χ1n) is 15.1. The Bertz CT molecular complexity index is 1370. The summed E-state index contributed by atoms with van der Waals surface area (Å²) in [7, 11) is -2.40. The average molecular weight is 632 g/mol. The molecule has 2 aliphatic rings. The molecular weight excluding hydrogens is 586 g/mol. The average Bonchev–Trinajstić information content (AvgIpc) is 3.61. The number of Topliss-reactive ketones (excluding diaryl/α,β-unsaturated/α-hetero) is 1. The van der Waals surface area contributed by atoms with Gasteiger partial charge in [0.15, 0.2) is 6.29 Å². The molecule has 2 fully saturated rings. The van der Waals surface area contributed by atoms with Gasteiger partial charge in [0.25, 0.3) is 0 Å². The summed E-state index contributed by atoms with van der Waals surface area (Å²) in [5, 5.41) is 17.7. The van der Waals surface area contributed by atoms with E-state index in [1.165, 1.54) is 19.1 Å². The van der Waals surface area contributed by atoms with Crippen LogP contribution >= 0.6 is 0 Å². The molecule has 6 atom stereocenters. The Morgan fingerprint density at radius 2 is 1.84 bits per heavy atom. The van der Waals surface area contributed by atoms with E-state index in [1.54, 1.807) is 19.2 Å². The van der Waals surface area contributed by atoms with Crippen LogP contribution < -0.4 is 15.4 Å². The zero-order valence-corrected chi connectivity index (χ0v) is 26.6. The van der Waals surface area contributed by atoms with E-state index in [4.69, 9.17) is 14.2 Å². The second kappa shape index (κ2) is 14.8. The highest BCUT2D eigenvalue weighted by Crippen LogP contribution is 2.34. The molecular formula is C32H45N3O8S. The molecule has 0 aliphatic carbocycles. The minimum absolute atomic E-state index is 0.0248. The van der Waals surface area contributed by atoms with E-state index >= 15 is 0 Å². The van der Waals surface area contributed by atoms with Crippen molar-refractivity contribution in [1.82, 2.24) is 10.0 Å². The Hall–Kier alpha value is -3.03. The second-order valence-corrected chi connectivity index (χ2v) is 14.2. The Labute approximate surface area is 260 Å². The number of benzene rings is 2. The highest BCUT2D eigenvalue weighted by molar-refractivity contribution is 7.89. The third-order valence-electron chi connectivity index (χ3n) is 8.34. The molecule has 0 aromatic heterocycles. The molecule has 4 N–H and O–H groups in total.